The first-order valence-corrected chi connectivity index (χ1v) is 7.76. The van der Waals surface area contributed by atoms with Crippen molar-refractivity contribution in [1.29, 1.82) is 0 Å². The molecule has 1 unspecified atom stereocenters. The van der Waals surface area contributed by atoms with Crippen LogP contribution in [0.5, 0.6) is 0 Å². The number of hydrogen-bond acceptors (Lipinski definition) is 3. The van der Waals surface area contributed by atoms with E-state index in [0.717, 1.165) is 17.5 Å². The molecule has 2 aromatic rings. The van der Waals surface area contributed by atoms with E-state index in [4.69, 9.17) is 9.57 Å². The van der Waals surface area contributed by atoms with Gasteiger partial charge in [0, 0.05) is 0 Å². The van der Waals surface area contributed by atoms with Gasteiger partial charge in [0.1, 0.15) is 19.9 Å². The van der Waals surface area contributed by atoms with Gasteiger partial charge >= 0.3 is 0 Å². The number of rotatable bonds is 4. The molecule has 1 heterocycles. The Morgan fingerprint density at radius 3 is 2.13 bits per heavy atom. The van der Waals surface area contributed by atoms with E-state index in [1.165, 1.54) is 7.11 Å². The molecule has 1 fully saturated rings. The van der Waals surface area contributed by atoms with Gasteiger partial charge < -0.3 is 9.57 Å². The molecular weight excluding hydrogens is 293 g/mol. The average molecular weight is 313 g/mol. The van der Waals surface area contributed by atoms with E-state index in [1.807, 2.05) is 36.4 Å². The quantitative estimate of drug-likeness (QED) is 0.796. The molecule has 0 radical (unpaired) electrons. The molecule has 120 valence electrons. The van der Waals surface area contributed by atoms with E-state index in [0.29, 0.717) is 12.3 Å². The molecule has 2 aromatic carbocycles. The zero-order valence-corrected chi connectivity index (χ0v) is 13.1. The molecule has 0 amide bonds. The molecule has 23 heavy (non-hydrogen) atoms. The Morgan fingerprint density at radius 2 is 1.65 bits per heavy atom. The summed E-state index contributed by atoms with van der Waals surface area (Å²) in [5.74, 6) is 0.423. The minimum absolute atomic E-state index is 0.423. The molecule has 0 bridgehead atoms. The van der Waals surface area contributed by atoms with Gasteiger partial charge in [0.05, 0.1) is 5.41 Å². The Bertz CT molecular complexity index is 618. The Labute approximate surface area is 135 Å². The molecule has 0 aliphatic carbocycles. The van der Waals surface area contributed by atoms with Gasteiger partial charge in [-0.2, -0.15) is 0 Å². The second-order valence-electron chi connectivity index (χ2n) is 5.65. The van der Waals surface area contributed by atoms with Crippen LogP contribution >= 0.6 is 0 Å². The number of nitrogens with zero attached hydrogens (tertiary/aromatic N) is 1. The average Bonchev–Trinajstić information content (AvgIpc) is 2.63. The number of halogens is 1. The first kappa shape index (κ1) is 15.5. The summed E-state index contributed by atoms with van der Waals surface area (Å²) < 4.78 is 19.0. The number of ether oxygens (including phenoxy) is 1. The highest BCUT2D eigenvalue weighted by atomic mass is 19.1. The third kappa shape index (κ3) is 2.81. The molecular formula is C19H20FNO2. The van der Waals surface area contributed by atoms with Gasteiger partial charge in [-0.15, -0.1) is 0 Å². The summed E-state index contributed by atoms with van der Waals surface area (Å²) in [5.41, 5.74) is 1.59. The van der Waals surface area contributed by atoms with E-state index in [-0.39, 0.29) is 0 Å². The van der Waals surface area contributed by atoms with Gasteiger partial charge in [-0.1, -0.05) is 65.8 Å². The number of hydrogen-bond donors (Lipinski definition) is 0. The van der Waals surface area contributed by atoms with Crippen LogP contribution in [0, 0.1) is 0 Å². The van der Waals surface area contributed by atoms with Crippen LogP contribution in [-0.2, 0) is 15.0 Å². The predicted octanol–water partition coefficient (Wildman–Crippen LogP) is 4.08. The monoisotopic (exact) mass is 313 g/mol. The van der Waals surface area contributed by atoms with Gasteiger partial charge in [0.15, 0.2) is 0 Å². The maximum absolute atomic E-state index is 13.1. The summed E-state index contributed by atoms with van der Waals surface area (Å²) in [6.07, 6.45) is 0.880. The standard InChI is InChI=1S/C19H20FNO2/c1-22-21-18-19(13-12-17(14-20)23-18,15-8-4-2-5-9-15)16-10-6-3-7-11-16/h2-11,17H,12-14H2,1H3/b21-18-. The SMILES string of the molecule is CO/N=C1\OC(CF)CCC1(c1ccccc1)c1ccccc1. The van der Waals surface area contributed by atoms with Crippen molar-refractivity contribution in [2.75, 3.05) is 13.8 Å². The summed E-state index contributed by atoms with van der Waals surface area (Å²) in [5, 5.41) is 4.12. The third-order valence-electron chi connectivity index (χ3n) is 4.36. The van der Waals surface area contributed by atoms with E-state index >= 15 is 0 Å². The zero-order valence-electron chi connectivity index (χ0n) is 13.1. The molecule has 1 atom stereocenters. The third-order valence-corrected chi connectivity index (χ3v) is 4.36. The van der Waals surface area contributed by atoms with Crippen molar-refractivity contribution in [2.45, 2.75) is 24.4 Å². The van der Waals surface area contributed by atoms with Crippen molar-refractivity contribution in [3.8, 4) is 0 Å². The molecule has 3 rings (SSSR count). The maximum atomic E-state index is 13.1. The van der Waals surface area contributed by atoms with Crippen LogP contribution in [0.3, 0.4) is 0 Å². The highest BCUT2D eigenvalue weighted by Crippen LogP contribution is 2.42. The fourth-order valence-corrected chi connectivity index (χ4v) is 3.24. The normalized spacial score (nSPS) is 21.7. The second-order valence-corrected chi connectivity index (χ2v) is 5.65. The number of benzene rings is 2. The van der Waals surface area contributed by atoms with Crippen LogP contribution in [0.1, 0.15) is 24.0 Å². The zero-order chi connectivity index (χ0) is 16.1. The molecule has 1 aliphatic rings. The number of oxime groups is 1. The molecule has 1 saturated heterocycles. The predicted molar refractivity (Wildman–Crippen MR) is 88.2 cm³/mol. The molecule has 0 spiro atoms. The fraction of sp³-hybridized carbons (Fsp3) is 0.316. The number of alkyl halides is 1. The lowest BCUT2D eigenvalue weighted by molar-refractivity contribution is 0.0837. The smallest absolute Gasteiger partial charge is 0.241 e. The summed E-state index contributed by atoms with van der Waals surface area (Å²) in [6, 6.07) is 20.1. The highest BCUT2D eigenvalue weighted by molar-refractivity contribution is 5.92. The van der Waals surface area contributed by atoms with E-state index in [9.17, 15) is 4.39 Å². The van der Waals surface area contributed by atoms with Gasteiger partial charge in [-0.25, -0.2) is 4.39 Å². The van der Waals surface area contributed by atoms with Crippen LogP contribution in [0.4, 0.5) is 4.39 Å². The van der Waals surface area contributed by atoms with E-state index < -0.39 is 18.2 Å². The summed E-state index contributed by atoms with van der Waals surface area (Å²) in [4.78, 5) is 5.01. The van der Waals surface area contributed by atoms with Crippen molar-refractivity contribution >= 4 is 5.90 Å². The van der Waals surface area contributed by atoms with Crippen LogP contribution in [0.2, 0.25) is 0 Å². The molecule has 0 saturated carbocycles. The van der Waals surface area contributed by atoms with Crippen molar-refractivity contribution in [3.63, 3.8) is 0 Å². The minimum atomic E-state index is -0.551. The first-order chi connectivity index (χ1) is 11.3. The van der Waals surface area contributed by atoms with Gasteiger partial charge in [-0.3, -0.25) is 0 Å². The largest absolute Gasteiger partial charge is 0.472 e. The minimum Gasteiger partial charge on any atom is -0.472 e. The van der Waals surface area contributed by atoms with Gasteiger partial charge in [-0.05, 0) is 24.0 Å². The second kappa shape index (κ2) is 6.82. The lowest BCUT2D eigenvalue weighted by atomic mass is 9.69. The Morgan fingerprint density at radius 1 is 1.09 bits per heavy atom. The van der Waals surface area contributed by atoms with Crippen LogP contribution in [0.25, 0.3) is 0 Å². The van der Waals surface area contributed by atoms with Crippen LogP contribution in [0.15, 0.2) is 65.8 Å². The molecule has 0 N–H and O–H groups in total. The first-order valence-electron chi connectivity index (χ1n) is 7.76. The highest BCUT2D eigenvalue weighted by Gasteiger charge is 2.46. The Hall–Kier alpha value is -2.36. The van der Waals surface area contributed by atoms with Crippen molar-refractivity contribution < 1.29 is 14.0 Å². The molecule has 0 aromatic heterocycles. The van der Waals surface area contributed by atoms with Gasteiger partial charge in [0.25, 0.3) is 0 Å². The van der Waals surface area contributed by atoms with E-state index in [1.54, 1.807) is 0 Å². The molecule has 1 aliphatic heterocycles. The lowest BCUT2D eigenvalue weighted by Gasteiger charge is -2.40. The van der Waals surface area contributed by atoms with Crippen LogP contribution in [-0.4, -0.2) is 25.8 Å². The summed E-state index contributed by atoms with van der Waals surface area (Å²) >= 11 is 0. The maximum Gasteiger partial charge on any atom is 0.241 e. The topological polar surface area (TPSA) is 30.8 Å². The van der Waals surface area contributed by atoms with Crippen LogP contribution < -0.4 is 0 Å². The van der Waals surface area contributed by atoms with Crippen molar-refractivity contribution in [3.05, 3.63) is 71.8 Å². The lowest BCUT2D eigenvalue weighted by Crippen LogP contribution is -2.46. The van der Waals surface area contributed by atoms with Crippen molar-refractivity contribution in [1.82, 2.24) is 0 Å². The summed E-state index contributed by atoms with van der Waals surface area (Å²) in [7, 11) is 1.48. The summed E-state index contributed by atoms with van der Waals surface area (Å²) in [6.45, 7) is -0.525. The van der Waals surface area contributed by atoms with E-state index in [2.05, 4.69) is 29.4 Å². The Balaban J connectivity index is 2.17. The molecule has 3 nitrogen and oxygen atoms in total. The fourth-order valence-electron chi connectivity index (χ4n) is 3.24. The van der Waals surface area contributed by atoms with Crippen molar-refractivity contribution in [2.24, 2.45) is 5.16 Å². The molecule has 4 heteroatoms. The Kier molecular flexibility index (Phi) is 4.60. The van der Waals surface area contributed by atoms with Gasteiger partial charge in [0.2, 0.25) is 5.90 Å².